The number of aliphatic hydroxyl groups excluding tert-OH is 3. The third-order valence-electron chi connectivity index (χ3n) is 6.41. The number of carbonyl (C=O) groups excluding carboxylic acids is 1. The number of pyridine rings is 1. The Morgan fingerprint density at radius 2 is 1.91 bits per heavy atom. The zero-order chi connectivity index (χ0) is 24.9. The average Bonchev–Trinajstić information content (AvgIpc) is 3.50. The topological polar surface area (TPSA) is 191 Å². The van der Waals surface area contributed by atoms with Gasteiger partial charge in [-0.2, -0.15) is 0 Å². The molecule has 2 heterocycles. The third kappa shape index (κ3) is 4.26. The van der Waals surface area contributed by atoms with E-state index in [1.165, 1.54) is 0 Å². The predicted octanol–water partition coefficient (Wildman–Crippen LogP) is 0.848. The molecule has 0 fully saturated rings. The van der Waals surface area contributed by atoms with Gasteiger partial charge in [0.15, 0.2) is 15.5 Å². The van der Waals surface area contributed by atoms with Gasteiger partial charge in [-0.15, -0.1) is 15.7 Å². The Morgan fingerprint density at radius 1 is 1.21 bits per heavy atom. The van der Waals surface area contributed by atoms with Gasteiger partial charge in [-0.05, 0) is 43.2 Å². The minimum absolute atomic E-state index is 0.115. The van der Waals surface area contributed by atoms with E-state index in [2.05, 4.69) is 28.5 Å². The highest BCUT2D eigenvalue weighted by molar-refractivity contribution is 7.93. The van der Waals surface area contributed by atoms with Gasteiger partial charge in [0.2, 0.25) is 0 Å². The second-order valence-corrected chi connectivity index (χ2v) is 12.3. The summed E-state index contributed by atoms with van der Waals surface area (Å²) in [5.41, 5.74) is 2.12. The molecular weight excluding hydrogens is 482 g/mol. The molecule has 4 rings (SSSR count). The number of fused-ring (bicyclic) bond motifs is 2. The molecule has 2 aliphatic rings. The van der Waals surface area contributed by atoms with E-state index < -0.39 is 41.4 Å². The fourth-order valence-corrected chi connectivity index (χ4v) is 7.01. The Kier molecular flexibility index (Phi) is 6.57. The van der Waals surface area contributed by atoms with E-state index >= 15 is 0 Å². The third-order valence-corrected chi connectivity index (χ3v) is 9.67. The van der Waals surface area contributed by atoms with Crippen LogP contribution in [0.1, 0.15) is 59.9 Å². The number of hydrogen-bond acceptors (Lipinski definition) is 9. The maximum absolute atomic E-state index is 13.2. The Hall–Kier alpha value is -2.00. The van der Waals surface area contributed by atoms with Crippen molar-refractivity contribution < 1.29 is 29.4 Å². The molecule has 7 N–H and O–H groups in total. The molecule has 2 aromatic heterocycles. The van der Waals surface area contributed by atoms with E-state index in [1.807, 2.05) is 0 Å². The number of nitrogens with zero attached hydrogens (tertiary/aromatic N) is 3. The molecule has 2 aliphatic carbocycles. The number of aryl methyl sites for hydroxylation is 1. The van der Waals surface area contributed by atoms with Gasteiger partial charge in [-0.3, -0.25) is 4.98 Å². The zero-order valence-electron chi connectivity index (χ0n) is 19.0. The van der Waals surface area contributed by atoms with Gasteiger partial charge in [0, 0.05) is 11.1 Å². The van der Waals surface area contributed by atoms with Crippen LogP contribution >= 0.6 is 11.3 Å². The van der Waals surface area contributed by atoms with Crippen molar-refractivity contribution in [2.45, 2.75) is 67.8 Å². The largest absolute Gasteiger partial charge is 0.393 e. The highest BCUT2D eigenvalue weighted by atomic mass is 32.2. The summed E-state index contributed by atoms with van der Waals surface area (Å²) in [5.74, 6) is 0. The van der Waals surface area contributed by atoms with Crippen molar-refractivity contribution in [2.75, 3.05) is 18.5 Å². The summed E-state index contributed by atoms with van der Waals surface area (Å²) in [6, 6.07) is -0.905. The summed E-state index contributed by atoms with van der Waals surface area (Å²) < 4.78 is 16.7. The van der Waals surface area contributed by atoms with E-state index in [1.54, 1.807) is 0 Å². The van der Waals surface area contributed by atoms with E-state index in [0.717, 1.165) is 54.6 Å². The minimum Gasteiger partial charge on any atom is -0.393 e. The molecule has 2 amide bonds. The van der Waals surface area contributed by atoms with E-state index in [-0.39, 0.29) is 20.3 Å². The van der Waals surface area contributed by atoms with Crippen LogP contribution in [0.25, 0.3) is 0 Å². The number of hydrogen-bond donors (Lipinski definition) is 6. The number of amides is 2. The van der Waals surface area contributed by atoms with Crippen LogP contribution in [0.3, 0.4) is 0 Å². The highest BCUT2D eigenvalue weighted by Crippen LogP contribution is 2.44. The number of aromatic nitrogens is 2. The summed E-state index contributed by atoms with van der Waals surface area (Å²) in [4.78, 5) is 21.7. The molecule has 0 aromatic carbocycles. The van der Waals surface area contributed by atoms with Crippen LogP contribution in [-0.4, -0.2) is 53.8 Å². The van der Waals surface area contributed by atoms with Gasteiger partial charge in [0.05, 0.1) is 36.9 Å². The minimum atomic E-state index is -3.86. The molecule has 0 saturated heterocycles. The van der Waals surface area contributed by atoms with Crippen molar-refractivity contribution in [1.29, 1.82) is 0 Å². The lowest BCUT2D eigenvalue weighted by Crippen LogP contribution is -2.34. The van der Waals surface area contributed by atoms with Crippen LogP contribution in [0.4, 0.5) is 10.5 Å². The molecule has 11 nitrogen and oxygen atoms in total. The summed E-state index contributed by atoms with van der Waals surface area (Å²) >= 11 is 0.610. The normalized spacial score (nSPS) is 18.3. The second-order valence-electron chi connectivity index (χ2n) is 9.33. The summed E-state index contributed by atoms with van der Waals surface area (Å²) in [6.45, 7) is 1.82. The van der Waals surface area contributed by atoms with E-state index in [0.29, 0.717) is 17.0 Å². The van der Waals surface area contributed by atoms with Crippen LogP contribution in [-0.2, 0) is 46.8 Å². The summed E-state index contributed by atoms with van der Waals surface area (Å²) in [5, 5.41) is 47.3. The molecule has 34 heavy (non-hydrogen) atoms. The number of thiazole rings is 1. The first-order valence-electron chi connectivity index (χ1n) is 10.9. The maximum atomic E-state index is 13.2. The van der Waals surface area contributed by atoms with E-state index in [4.69, 9.17) is 10.1 Å². The SMILES string of the molecule is CC1(C)CCc2c1nc1c(c2NC(=O)N=[S@](N)(=O)c2sc(C(O)(CO)CO)nc2CO)CCC1. The van der Waals surface area contributed by atoms with Crippen molar-refractivity contribution >= 4 is 33.0 Å². The average molecular weight is 512 g/mol. The Labute approximate surface area is 201 Å². The lowest BCUT2D eigenvalue weighted by Gasteiger charge is -2.20. The van der Waals surface area contributed by atoms with Crippen LogP contribution < -0.4 is 10.5 Å². The number of urea groups is 1. The fourth-order valence-electron chi connectivity index (χ4n) is 4.48. The number of aliphatic hydroxyl groups is 4. The second kappa shape index (κ2) is 8.90. The Bertz CT molecular complexity index is 1260. The molecule has 0 bridgehead atoms. The Morgan fingerprint density at radius 3 is 2.56 bits per heavy atom. The summed E-state index contributed by atoms with van der Waals surface area (Å²) in [7, 11) is -3.86. The van der Waals surface area contributed by atoms with Crippen molar-refractivity contribution in [1.82, 2.24) is 9.97 Å². The molecule has 0 unspecified atom stereocenters. The Balaban J connectivity index is 1.72. The molecule has 13 heteroatoms. The van der Waals surface area contributed by atoms with Gasteiger partial charge in [-0.1, -0.05) is 13.8 Å². The van der Waals surface area contributed by atoms with Gasteiger partial charge >= 0.3 is 6.03 Å². The number of nitrogens with two attached hydrogens (primary N) is 1. The molecular formula is C21H29N5O6S2. The van der Waals surface area contributed by atoms with Crippen LogP contribution in [0.2, 0.25) is 0 Å². The molecule has 186 valence electrons. The van der Waals surface area contributed by atoms with Gasteiger partial charge in [0.25, 0.3) is 0 Å². The lowest BCUT2D eigenvalue weighted by atomic mass is 9.90. The molecule has 2 aromatic rings. The standard InChI is InChI=1S/C21H29N5O6S2/c1-20(2)7-6-12-15(11-4-3-5-13(11)23-16(12)20)25-19(30)26-34(22,32)17-14(8-27)24-18(33-17)21(31,9-28)10-29/h27-29,31H,3-10H2,1-2H3,(H3,22,23,25,26,30,32)/t34-/m0/s1. The highest BCUT2D eigenvalue weighted by Gasteiger charge is 2.37. The first kappa shape index (κ1) is 25.1. The molecule has 0 radical (unpaired) electrons. The van der Waals surface area contributed by atoms with Crippen LogP contribution in [0.15, 0.2) is 8.57 Å². The zero-order valence-corrected chi connectivity index (χ0v) is 20.6. The first-order valence-corrected chi connectivity index (χ1v) is 13.3. The van der Waals surface area contributed by atoms with Crippen LogP contribution in [0.5, 0.6) is 0 Å². The molecule has 0 aliphatic heterocycles. The first-order chi connectivity index (χ1) is 16.0. The number of rotatable bonds is 6. The van der Waals surface area contributed by atoms with Gasteiger partial charge in [0.1, 0.15) is 9.22 Å². The molecule has 0 spiro atoms. The van der Waals surface area contributed by atoms with E-state index in [9.17, 15) is 29.4 Å². The van der Waals surface area contributed by atoms with Crippen molar-refractivity contribution in [3.8, 4) is 0 Å². The van der Waals surface area contributed by atoms with Gasteiger partial charge in [-0.25, -0.2) is 19.1 Å². The van der Waals surface area contributed by atoms with Crippen LogP contribution in [0, 0.1) is 0 Å². The van der Waals surface area contributed by atoms with Crippen molar-refractivity contribution in [2.24, 2.45) is 9.50 Å². The smallest absolute Gasteiger partial charge is 0.354 e. The molecule has 1 atom stereocenters. The number of anilines is 1. The van der Waals surface area contributed by atoms with Crippen molar-refractivity contribution in [3.63, 3.8) is 0 Å². The lowest BCUT2D eigenvalue weighted by molar-refractivity contribution is -0.0600. The number of carbonyl (C=O) groups is 1. The monoisotopic (exact) mass is 511 g/mol. The van der Waals surface area contributed by atoms with Crippen molar-refractivity contribution in [3.05, 3.63) is 33.2 Å². The fraction of sp³-hybridized carbons (Fsp3) is 0.571. The predicted molar refractivity (Wildman–Crippen MR) is 126 cm³/mol. The maximum Gasteiger partial charge on any atom is 0.354 e. The summed E-state index contributed by atoms with van der Waals surface area (Å²) in [6.07, 6.45) is 4.19. The molecule has 0 saturated carbocycles. The number of nitrogens with one attached hydrogen (secondary N) is 1. The van der Waals surface area contributed by atoms with Gasteiger partial charge < -0.3 is 25.7 Å². The quantitative estimate of drug-likeness (QED) is 0.329.